The molecule has 5 atom stereocenters. The molecule has 1 aromatic rings. The molecule has 9 heteroatoms. The van der Waals surface area contributed by atoms with E-state index in [1.165, 1.54) is 19.1 Å². The Balaban J connectivity index is 2.25. The zero-order valence-electron chi connectivity index (χ0n) is 12.1. The summed E-state index contributed by atoms with van der Waals surface area (Å²) in [5.74, 6) is -0.222. The third-order valence-corrected chi connectivity index (χ3v) is 3.92. The number of nitrogens with one attached hydrogen (secondary N) is 1. The summed E-state index contributed by atoms with van der Waals surface area (Å²) in [5, 5.41) is 32.4. The number of carbonyl (C=O) groups excluding carboxylic acids is 1. The first-order valence-electron chi connectivity index (χ1n) is 6.84. The van der Waals surface area contributed by atoms with Gasteiger partial charge in [-0.05, 0) is 18.2 Å². The molecule has 1 saturated heterocycles. The van der Waals surface area contributed by atoms with Gasteiger partial charge in [0.25, 0.3) is 0 Å². The van der Waals surface area contributed by atoms with Crippen LogP contribution in [0.4, 0.5) is 0 Å². The highest BCUT2D eigenvalue weighted by Gasteiger charge is 2.46. The second kappa shape index (κ2) is 7.65. The number of hydrogen-bond acceptors (Lipinski definition) is 6. The van der Waals surface area contributed by atoms with Crippen molar-refractivity contribution in [3.05, 3.63) is 28.2 Å². The second-order valence-electron chi connectivity index (χ2n) is 5.13. The average molecular weight is 366 g/mol. The number of aliphatic hydroxyl groups excluding tert-OH is 3. The van der Waals surface area contributed by atoms with E-state index in [-0.39, 0.29) is 10.8 Å². The van der Waals surface area contributed by atoms with Crippen LogP contribution in [0.3, 0.4) is 0 Å². The fourth-order valence-corrected chi connectivity index (χ4v) is 2.72. The third kappa shape index (κ3) is 4.26. The van der Waals surface area contributed by atoms with Gasteiger partial charge < -0.3 is 30.1 Å². The molecule has 7 nitrogen and oxygen atoms in total. The lowest BCUT2D eigenvalue weighted by molar-refractivity contribution is -0.244. The fourth-order valence-electron chi connectivity index (χ4n) is 2.27. The quantitative estimate of drug-likeness (QED) is 0.611. The highest BCUT2D eigenvalue weighted by Crippen LogP contribution is 2.31. The number of halogens is 2. The van der Waals surface area contributed by atoms with Crippen LogP contribution in [0.15, 0.2) is 18.2 Å². The summed E-state index contributed by atoms with van der Waals surface area (Å²) in [6.45, 7) is 0.725. The molecule has 1 heterocycles. The van der Waals surface area contributed by atoms with Gasteiger partial charge in [0.05, 0.1) is 11.6 Å². The Morgan fingerprint density at radius 1 is 1.35 bits per heavy atom. The Labute approximate surface area is 142 Å². The highest BCUT2D eigenvalue weighted by atomic mass is 35.5. The highest BCUT2D eigenvalue weighted by molar-refractivity contribution is 6.35. The van der Waals surface area contributed by atoms with Crippen molar-refractivity contribution in [2.75, 3.05) is 6.61 Å². The van der Waals surface area contributed by atoms with Crippen LogP contribution >= 0.6 is 23.2 Å². The molecule has 0 unspecified atom stereocenters. The summed E-state index contributed by atoms with van der Waals surface area (Å²) in [6.07, 6.45) is -4.99. The number of aliphatic hydroxyl groups is 3. The van der Waals surface area contributed by atoms with Crippen molar-refractivity contribution in [1.29, 1.82) is 0 Å². The SMILES string of the molecule is CC(=O)N[C@H]1[C@@H](Oc2ccc(Cl)cc2Cl)O[C@@H](CO)[C@@H](O)[C@@H]1O. The Kier molecular flexibility index (Phi) is 6.07. The van der Waals surface area contributed by atoms with Gasteiger partial charge in [-0.2, -0.15) is 0 Å². The molecule has 0 aliphatic carbocycles. The van der Waals surface area contributed by atoms with Gasteiger partial charge in [-0.1, -0.05) is 23.2 Å². The average Bonchev–Trinajstić information content (AvgIpc) is 2.48. The first kappa shape index (κ1) is 18.3. The molecule has 0 aromatic heterocycles. The fraction of sp³-hybridized carbons (Fsp3) is 0.500. The van der Waals surface area contributed by atoms with Crippen LogP contribution in [0.2, 0.25) is 10.0 Å². The normalized spacial score (nSPS) is 30.8. The van der Waals surface area contributed by atoms with Gasteiger partial charge in [-0.15, -0.1) is 0 Å². The van der Waals surface area contributed by atoms with E-state index in [9.17, 15) is 20.1 Å². The predicted octanol–water partition coefficient (Wildman–Crippen LogP) is 0.316. The Morgan fingerprint density at radius 3 is 2.61 bits per heavy atom. The van der Waals surface area contributed by atoms with Gasteiger partial charge >= 0.3 is 0 Å². The maximum atomic E-state index is 11.3. The molecule has 2 rings (SSSR count). The number of benzene rings is 1. The predicted molar refractivity (Wildman–Crippen MR) is 82.5 cm³/mol. The monoisotopic (exact) mass is 365 g/mol. The molecule has 0 saturated carbocycles. The van der Waals surface area contributed by atoms with Gasteiger partial charge in [0, 0.05) is 11.9 Å². The summed E-state index contributed by atoms with van der Waals surface area (Å²) in [7, 11) is 0. The minimum Gasteiger partial charge on any atom is -0.461 e. The van der Waals surface area contributed by atoms with E-state index in [1.54, 1.807) is 6.07 Å². The van der Waals surface area contributed by atoms with E-state index in [4.69, 9.17) is 32.7 Å². The molecule has 1 amide bonds. The first-order valence-corrected chi connectivity index (χ1v) is 7.60. The Morgan fingerprint density at radius 2 is 2.04 bits per heavy atom. The van der Waals surface area contributed by atoms with Crippen molar-refractivity contribution in [3.63, 3.8) is 0 Å². The van der Waals surface area contributed by atoms with Crippen molar-refractivity contribution in [1.82, 2.24) is 5.32 Å². The number of amides is 1. The molecule has 0 radical (unpaired) electrons. The molecule has 1 aliphatic heterocycles. The molecular formula is C14H17Cl2NO6. The lowest BCUT2D eigenvalue weighted by Gasteiger charge is -2.42. The molecular weight excluding hydrogens is 349 g/mol. The zero-order valence-corrected chi connectivity index (χ0v) is 13.7. The summed E-state index contributed by atoms with van der Waals surface area (Å²) < 4.78 is 11.0. The van der Waals surface area contributed by atoms with Crippen LogP contribution in [-0.4, -0.2) is 58.5 Å². The number of ether oxygens (including phenoxy) is 2. The summed E-state index contributed by atoms with van der Waals surface area (Å²) in [5.41, 5.74) is 0. The molecule has 1 aromatic carbocycles. The van der Waals surface area contributed by atoms with E-state index in [1.807, 2.05) is 0 Å². The molecule has 1 fully saturated rings. The molecule has 0 bridgehead atoms. The van der Waals surface area contributed by atoms with E-state index < -0.39 is 43.2 Å². The molecule has 4 N–H and O–H groups in total. The minimum atomic E-state index is -1.39. The van der Waals surface area contributed by atoms with E-state index >= 15 is 0 Å². The van der Waals surface area contributed by atoms with E-state index in [0.29, 0.717) is 5.02 Å². The van der Waals surface area contributed by atoms with Crippen molar-refractivity contribution in [2.45, 2.75) is 37.6 Å². The Hall–Kier alpha value is -1.09. The zero-order chi connectivity index (χ0) is 17.1. The van der Waals surface area contributed by atoms with Crippen LogP contribution in [0, 0.1) is 0 Å². The van der Waals surface area contributed by atoms with Crippen LogP contribution in [0.5, 0.6) is 5.75 Å². The minimum absolute atomic E-state index is 0.212. The van der Waals surface area contributed by atoms with Crippen molar-refractivity contribution < 1.29 is 29.6 Å². The van der Waals surface area contributed by atoms with Gasteiger partial charge in [-0.25, -0.2) is 0 Å². The van der Waals surface area contributed by atoms with Gasteiger partial charge in [0.15, 0.2) is 0 Å². The topological polar surface area (TPSA) is 108 Å². The molecule has 128 valence electrons. The van der Waals surface area contributed by atoms with Crippen LogP contribution in [-0.2, 0) is 9.53 Å². The summed E-state index contributed by atoms with van der Waals surface area (Å²) in [6, 6.07) is 3.47. The maximum absolute atomic E-state index is 11.3. The van der Waals surface area contributed by atoms with Gasteiger partial charge in [0.2, 0.25) is 12.2 Å². The van der Waals surface area contributed by atoms with Crippen LogP contribution < -0.4 is 10.1 Å². The van der Waals surface area contributed by atoms with Crippen LogP contribution in [0.1, 0.15) is 6.92 Å². The number of carbonyl (C=O) groups is 1. The Bertz CT molecular complexity index is 572. The number of rotatable bonds is 4. The summed E-state index contributed by atoms with van der Waals surface area (Å²) >= 11 is 11.8. The summed E-state index contributed by atoms with van der Waals surface area (Å²) in [4.78, 5) is 11.3. The smallest absolute Gasteiger partial charge is 0.223 e. The van der Waals surface area contributed by atoms with E-state index in [0.717, 1.165) is 0 Å². The van der Waals surface area contributed by atoms with Crippen molar-refractivity contribution in [2.24, 2.45) is 0 Å². The number of hydrogen-bond donors (Lipinski definition) is 4. The van der Waals surface area contributed by atoms with Crippen molar-refractivity contribution in [3.8, 4) is 5.75 Å². The standard InChI is InChI=1S/C14H17Cl2NO6/c1-6(19)17-11-13(21)12(20)10(5-18)23-14(11)22-9-3-2-7(15)4-8(9)16/h2-4,10-14,18,20-21H,5H2,1H3,(H,17,19)/t10-,11+,12+,13+,14-/m0/s1. The lowest BCUT2D eigenvalue weighted by atomic mass is 9.97. The first-order chi connectivity index (χ1) is 10.8. The molecule has 0 spiro atoms. The lowest BCUT2D eigenvalue weighted by Crippen LogP contribution is -2.65. The van der Waals surface area contributed by atoms with E-state index in [2.05, 4.69) is 5.32 Å². The second-order valence-corrected chi connectivity index (χ2v) is 5.97. The largest absolute Gasteiger partial charge is 0.461 e. The van der Waals surface area contributed by atoms with Gasteiger partial charge in [-0.3, -0.25) is 4.79 Å². The molecule has 1 aliphatic rings. The molecule has 23 heavy (non-hydrogen) atoms. The van der Waals surface area contributed by atoms with Crippen molar-refractivity contribution >= 4 is 29.1 Å². The van der Waals surface area contributed by atoms with Gasteiger partial charge in [0.1, 0.15) is 30.1 Å². The van der Waals surface area contributed by atoms with Crippen LogP contribution in [0.25, 0.3) is 0 Å². The maximum Gasteiger partial charge on any atom is 0.223 e. The third-order valence-electron chi connectivity index (χ3n) is 3.39.